The Labute approximate surface area is 71.4 Å². The van der Waals surface area contributed by atoms with E-state index in [9.17, 15) is 4.79 Å². The van der Waals surface area contributed by atoms with Gasteiger partial charge in [-0.2, -0.15) is 0 Å². The molecule has 1 heterocycles. The summed E-state index contributed by atoms with van der Waals surface area (Å²) in [6.07, 6.45) is -0.0566. The van der Waals surface area contributed by atoms with Crippen LogP contribution in [0.25, 0.3) is 0 Å². The van der Waals surface area contributed by atoms with Crippen LogP contribution in [0.4, 0.5) is 0 Å². The average Bonchev–Trinajstić information content (AvgIpc) is 2.08. The first-order chi connectivity index (χ1) is 5.65. The van der Waals surface area contributed by atoms with Gasteiger partial charge in [0.2, 0.25) is 5.56 Å². The van der Waals surface area contributed by atoms with Gasteiger partial charge >= 0.3 is 0 Å². The van der Waals surface area contributed by atoms with Crippen LogP contribution in [0.3, 0.4) is 0 Å². The molecule has 12 heavy (non-hydrogen) atoms. The van der Waals surface area contributed by atoms with Gasteiger partial charge in [0.15, 0.2) is 0 Å². The maximum absolute atomic E-state index is 11.0. The van der Waals surface area contributed by atoms with E-state index >= 15 is 0 Å². The van der Waals surface area contributed by atoms with Gasteiger partial charge in [-0.1, -0.05) is 6.07 Å². The molecular formula is C9H13NO2. The summed E-state index contributed by atoms with van der Waals surface area (Å²) < 4.78 is 5.10. The second-order valence-corrected chi connectivity index (χ2v) is 2.80. The van der Waals surface area contributed by atoms with Gasteiger partial charge in [0.05, 0.1) is 6.10 Å². The molecule has 0 spiro atoms. The highest BCUT2D eigenvalue weighted by Crippen LogP contribution is 2.14. The molecule has 1 rings (SSSR count). The van der Waals surface area contributed by atoms with E-state index in [0.717, 1.165) is 11.3 Å². The van der Waals surface area contributed by atoms with Gasteiger partial charge in [-0.15, -0.1) is 0 Å². The first-order valence-electron chi connectivity index (χ1n) is 3.87. The molecule has 1 atom stereocenters. The van der Waals surface area contributed by atoms with Crippen molar-refractivity contribution < 1.29 is 4.74 Å². The Bertz CT molecular complexity index is 317. The molecule has 0 fully saturated rings. The van der Waals surface area contributed by atoms with Crippen LogP contribution in [0.2, 0.25) is 0 Å². The summed E-state index contributed by atoms with van der Waals surface area (Å²) in [4.78, 5) is 13.7. The predicted octanol–water partition coefficient (Wildman–Crippen LogP) is 1.39. The van der Waals surface area contributed by atoms with Crippen molar-refractivity contribution >= 4 is 0 Å². The fourth-order valence-electron chi connectivity index (χ4n) is 1.10. The minimum atomic E-state index is -0.0838. The third-order valence-corrected chi connectivity index (χ3v) is 1.93. The number of H-pyrrole nitrogens is 1. The highest BCUT2D eigenvalue weighted by Gasteiger charge is 2.06. The number of nitrogens with one attached hydrogen (secondary N) is 1. The molecule has 0 amide bonds. The van der Waals surface area contributed by atoms with Crippen LogP contribution in [0.1, 0.15) is 24.3 Å². The molecule has 3 nitrogen and oxygen atoms in total. The minimum absolute atomic E-state index is 0.0566. The van der Waals surface area contributed by atoms with Crippen LogP contribution in [0.5, 0.6) is 0 Å². The molecule has 0 aliphatic carbocycles. The Balaban J connectivity index is 3.13. The van der Waals surface area contributed by atoms with E-state index in [4.69, 9.17) is 4.74 Å². The Morgan fingerprint density at radius 1 is 1.50 bits per heavy atom. The van der Waals surface area contributed by atoms with Gasteiger partial charge in [0.25, 0.3) is 0 Å². The number of rotatable bonds is 2. The van der Waals surface area contributed by atoms with E-state index in [-0.39, 0.29) is 11.7 Å². The monoisotopic (exact) mass is 167 g/mol. The van der Waals surface area contributed by atoms with E-state index in [0.29, 0.717) is 0 Å². The number of methoxy groups -OCH3 is 1. The Morgan fingerprint density at radius 2 is 2.17 bits per heavy atom. The molecule has 0 aromatic carbocycles. The summed E-state index contributed by atoms with van der Waals surface area (Å²) in [6.45, 7) is 3.85. The molecule has 3 heteroatoms. The summed E-state index contributed by atoms with van der Waals surface area (Å²) >= 11 is 0. The fraction of sp³-hybridized carbons (Fsp3) is 0.444. The number of pyridine rings is 1. The van der Waals surface area contributed by atoms with Crippen LogP contribution in [0, 0.1) is 6.92 Å². The number of aromatic nitrogens is 1. The Morgan fingerprint density at radius 3 is 2.75 bits per heavy atom. The molecule has 66 valence electrons. The molecule has 0 radical (unpaired) electrons. The van der Waals surface area contributed by atoms with Gasteiger partial charge in [-0.05, 0) is 19.4 Å². The van der Waals surface area contributed by atoms with Crippen molar-refractivity contribution in [2.24, 2.45) is 0 Å². The highest BCUT2D eigenvalue weighted by atomic mass is 16.5. The van der Waals surface area contributed by atoms with E-state index in [1.807, 2.05) is 13.8 Å². The number of hydrogen-bond donors (Lipinski definition) is 1. The summed E-state index contributed by atoms with van der Waals surface area (Å²) in [5.41, 5.74) is 1.81. The highest BCUT2D eigenvalue weighted by molar-refractivity contribution is 5.19. The predicted molar refractivity (Wildman–Crippen MR) is 47.2 cm³/mol. The molecule has 0 aliphatic rings. The largest absolute Gasteiger partial charge is 0.376 e. The van der Waals surface area contributed by atoms with Crippen LogP contribution < -0.4 is 5.56 Å². The topological polar surface area (TPSA) is 42.1 Å². The van der Waals surface area contributed by atoms with Crippen molar-refractivity contribution in [2.45, 2.75) is 20.0 Å². The first-order valence-corrected chi connectivity index (χ1v) is 3.87. The summed E-state index contributed by atoms with van der Waals surface area (Å²) in [5.74, 6) is 0. The van der Waals surface area contributed by atoms with Crippen molar-refractivity contribution in [1.29, 1.82) is 0 Å². The van der Waals surface area contributed by atoms with Crippen molar-refractivity contribution in [3.05, 3.63) is 33.7 Å². The van der Waals surface area contributed by atoms with Gasteiger partial charge in [-0.3, -0.25) is 4.79 Å². The van der Waals surface area contributed by atoms with Crippen molar-refractivity contribution in [3.63, 3.8) is 0 Å². The van der Waals surface area contributed by atoms with Gasteiger partial charge in [0, 0.05) is 18.9 Å². The van der Waals surface area contributed by atoms with E-state index in [2.05, 4.69) is 4.98 Å². The third-order valence-electron chi connectivity index (χ3n) is 1.93. The van der Waals surface area contributed by atoms with Crippen LogP contribution in [0.15, 0.2) is 16.9 Å². The van der Waals surface area contributed by atoms with E-state index < -0.39 is 0 Å². The lowest BCUT2D eigenvalue weighted by molar-refractivity contribution is 0.115. The molecule has 1 unspecified atom stereocenters. The molecular weight excluding hydrogens is 154 g/mol. The lowest BCUT2D eigenvalue weighted by atomic mass is 10.1. The summed E-state index contributed by atoms with van der Waals surface area (Å²) in [6, 6.07) is 3.31. The second-order valence-electron chi connectivity index (χ2n) is 2.80. The SMILES string of the molecule is COC(C)c1[nH]c(=O)ccc1C. The summed E-state index contributed by atoms with van der Waals surface area (Å²) in [5, 5.41) is 0. The molecule has 1 aromatic rings. The standard InChI is InChI=1S/C9H13NO2/c1-6-4-5-8(11)10-9(6)7(2)12-3/h4-5,7H,1-3H3,(H,10,11). The molecule has 0 bridgehead atoms. The van der Waals surface area contributed by atoms with Crippen LogP contribution in [-0.4, -0.2) is 12.1 Å². The smallest absolute Gasteiger partial charge is 0.248 e. The van der Waals surface area contributed by atoms with Gasteiger partial charge in [0.1, 0.15) is 0 Å². The fourth-order valence-corrected chi connectivity index (χ4v) is 1.10. The zero-order valence-electron chi connectivity index (χ0n) is 7.55. The maximum Gasteiger partial charge on any atom is 0.248 e. The van der Waals surface area contributed by atoms with Gasteiger partial charge < -0.3 is 9.72 Å². The van der Waals surface area contributed by atoms with Crippen molar-refractivity contribution in [3.8, 4) is 0 Å². The molecule has 1 aromatic heterocycles. The van der Waals surface area contributed by atoms with Gasteiger partial charge in [-0.25, -0.2) is 0 Å². The molecule has 1 N–H and O–H groups in total. The molecule has 0 aliphatic heterocycles. The summed E-state index contributed by atoms with van der Waals surface area (Å²) in [7, 11) is 1.62. The van der Waals surface area contributed by atoms with Crippen LogP contribution in [-0.2, 0) is 4.74 Å². The lowest BCUT2D eigenvalue weighted by Gasteiger charge is -2.11. The Kier molecular flexibility index (Phi) is 2.65. The number of ether oxygens (including phenoxy) is 1. The normalized spacial score (nSPS) is 12.9. The quantitative estimate of drug-likeness (QED) is 0.723. The number of hydrogen-bond acceptors (Lipinski definition) is 2. The average molecular weight is 167 g/mol. The Hall–Kier alpha value is -1.09. The van der Waals surface area contributed by atoms with E-state index in [1.165, 1.54) is 6.07 Å². The van der Waals surface area contributed by atoms with Crippen molar-refractivity contribution in [1.82, 2.24) is 4.98 Å². The van der Waals surface area contributed by atoms with Crippen molar-refractivity contribution in [2.75, 3.05) is 7.11 Å². The second kappa shape index (κ2) is 3.54. The number of aryl methyl sites for hydroxylation is 1. The zero-order chi connectivity index (χ0) is 9.14. The van der Waals surface area contributed by atoms with E-state index in [1.54, 1.807) is 13.2 Å². The maximum atomic E-state index is 11.0. The minimum Gasteiger partial charge on any atom is -0.376 e. The zero-order valence-corrected chi connectivity index (χ0v) is 7.55. The lowest BCUT2D eigenvalue weighted by Crippen LogP contribution is -2.11. The first kappa shape index (κ1) is 9.00. The van der Waals surface area contributed by atoms with Crippen LogP contribution >= 0.6 is 0 Å². The molecule has 0 saturated carbocycles. The third kappa shape index (κ3) is 1.74. The number of aromatic amines is 1. The molecule has 0 saturated heterocycles.